The molecule has 24 heavy (non-hydrogen) atoms. The Morgan fingerprint density at radius 2 is 1.88 bits per heavy atom. The van der Waals surface area contributed by atoms with Gasteiger partial charge in [-0.15, -0.1) is 0 Å². The van der Waals surface area contributed by atoms with E-state index >= 15 is 0 Å². The van der Waals surface area contributed by atoms with Gasteiger partial charge in [-0.25, -0.2) is 4.79 Å². The first kappa shape index (κ1) is 20.0. The van der Waals surface area contributed by atoms with E-state index in [1.807, 2.05) is 0 Å². The van der Waals surface area contributed by atoms with Gasteiger partial charge in [-0.2, -0.15) is 0 Å². The molecule has 0 aliphatic carbocycles. The summed E-state index contributed by atoms with van der Waals surface area (Å²) >= 11 is 6.06. The maximum Gasteiger partial charge on any atom is 0.408 e. The number of carbonyl (C=O) groups is 3. The molecule has 1 aromatic rings. The normalized spacial score (nSPS) is 12.2. The molecule has 0 heterocycles. The zero-order chi connectivity index (χ0) is 18.5. The van der Waals surface area contributed by atoms with E-state index in [0.717, 1.165) is 0 Å². The van der Waals surface area contributed by atoms with Crippen molar-refractivity contribution < 1.29 is 19.1 Å². The zero-order valence-corrected chi connectivity index (χ0v) is 15.3. The molecule has 0 fully saturated rings. The molecule has 1 atom stereocenters. The van der Waals surface area contributed by atoms with Crippen molar-refractivity contribution in [2.24, 2.45) is 0 Å². The van der Waals surface area contributed by atoms with Gasteiger partial charge in [0.05, 0.1) is 16.6 Å². The molecule has 0 bridgehead atoms. The van der Waals surface area contributed by atoms with Gasteiger partial charge in [-0.1, -0.05) is 23.7 Å². The second-order valence-electron chi connectivity index (χ2n) is 6.36. The van der Waals surface area contributed by atoms with Gasteiger partial charge in [-0.3, -0.25) is 9.59 Å². The number of halogens is 1. The van der Waals surface area contributed by atoms with Crippen LogP contribution in [-0.2, 0) is 16.0 Å². The summed E-state index contributed by atoms with van der Waals surface area (Å²) in [5, 5.41) is 5.26. The number of Topliss-reactive ketones (excluding diaryl/α,β-unsaturated/α-hetero) is 1. The molecule has 2 N–H and O–H groups in total. The Morgan fingerprint density at radius 3 is 2.42 bits per heavy atom. The van der Waals surface area contributed by atoms with Crippen LogP contribution < -0.4 is 10.6 Å². The predicted molar refractivity (Wildman–Crippen MR) is 92.4 cm³/mol. The SMILES string of the molecule is CNC(=O)c1c(Cl)cccc1CC(=O)[C@H](C)NC(=O)OC(C)(C)C. The first-order valence-corrected chi connectivity index (χ1v) is 7.94. The number of carbonyl (C=O) groups excluding carboxylic acids is 3. The van der Waals surface area contributed by atoms with Crippen molar-refractivity contribution >= 4 is 29.4 Å². The average molecular weight is 355 g/mol. The van der Waals surface area contributed by atoms with E-state index < -0.39 is 17.7 Å². The van der Waals surface area contributed by atoms with Gasteiger partial charge in [0, 0.05) is 13.5 Å². The summed E-state index contributed by atoms with van der Waals surface area (Å²) in [6.45, 7) is 6.78. The van der Waals surface area contributed by atoms with Crippen molar-refractivity contribution in [2.75, 3.05) is 7.05 Å². The number of hydrogen-bond donors (Lipinski definition) is 2. The maximum atomic E-state index is 12.3. The molecule has 0 aromatic heterocycles. The molecule has 1 aromatic carbocycles. The molecule has 6 nitrogen and oxygen atoms in total. The number of nitrogens with one attached hydrogen (secondary N) is 2. The maximum absolute atomic E-state index is 12.3. The predicted octanol–water partition coefficient (Wildman–Crippen LogP) is 2.72. The van der Waals surface area contributed by atoms with Crippen molar-refractivity contribution in [3.63, 3.8) is 0 Å². The Kier molecular flexibility index (Phi) is 6.78. The molecule has 0 radical (unpaired) electrons. The van der Waals surface area contributed by atoms with Gasteiger partial charge >= 0.3 is 6.09 Å². The molecule has 1 rings (SSSR count). The lowest BCUT2D eigenvalue weighted by Crippen LogP contribution is -2.42. The molecule has 132 valence electrons. The van der Waals surface area contributed by atoms with Gasteiger partial charge in [0.2, 0.25) is 0 Å². The molecule has 0 spiro atoms. The summed E-state index contributed by atoms with van der Waals surface area (Å²) in [5.41, 5.74) is 0.121. The number of alkyl carbamates (subject to hydrolysis) is 1. The van der Waals surface area contributed by atoms with Crippen molar-refractivity contribution in [2.45, 2.75) is 45.8 Å². The first-order chi connectivity index (χ1) is 11.0. The lowest BCUT2D eigenvalue weighted by Gasteiger charge is -2.21. The minimum Gasteiger partial charge on any atom is -0.444 e. The molecule has 0 aliphatic rings. The van der Waals surface area contributed by atoms with Crippen LogP contribution in [0.3, 0.4) is 0 Å². The molecule has 7 heteroatoms. The van der Waals surface area contributed by atoms with E-state index in [1.165, 1.54) is 7.05 Å². The van der Waals surface area contributed by atoms with Crippen molar-refractivity contribution in [3.05, 3.63) is 34.3 Å². The van der Waals surface area contributed by atoms with E-state index in [1.54, 1.807) is 45.9 Å². The average Bonchev–Trinajstić information content (AvgIpc) is 2.44. The quantitative estimate of drug-likeness (QED) is 0.851. The van der Waals surface area contributed by atoms with Crippen molar-refractivity contribution in [1.29, 1.82) is 0 Å². The van der Waals surface area contributed by atoms with Gasteiger partial charge in [0.1, 0.15) is 5.60 Å². The lowest BCUT2D eigenvalue weighted by atomic mass is 9.99. The fourth-order valence-corrected chi connectivity index (χ4v) is 2.28. The molecule has 0 aliphatic heterocycles. The third-order valence-electron chi connectivity index (χ3n) is 3.13. The van der Waals surface area contributed by atoms with Crippen LogP contribution in [0, 0.1) is 0 Å². The number of hydrogen-bond acceptors (Lipinski definition) is 4. The van der Waals surface area contributed by atoms with Crippen molar-refractivity contribution in [1.82, 2.24) is 10.6 Å². The number of ketones is 1. The van der Waals surface area contributed by atoms with E-state index in [-0.39, 0.29) is 28.7 Å². The Hall–Kier alpha value is -2.08. The van der Waals surface area contributed by atoms with Crippen LogP contribution in [0.25, 0.3) is 0 Å². The lowest BCUT2D eigenvalue weighted by molar-refractivity contribution is -0.120. The Labute approximate surface area is 146 Å². The highest BCUT2D eigenvalue weighted by atomic mass is 35.5. The summed E-state index contributed by atoms with van der Waals surface area (Å²) in [6.07, 6.45) is -0.693. The third-order valence-corrected chi connectivity index (χ3v) is 3.45. The van der Waals surface area contributed by atoms with Crippen LogP contribution in [0.2, 0.25) is 5.02 Å². The summed E-state index contributed by atoms with van der Waals surface area (Å²) in [6, 6.07) is 4.16. The Balaban J connectivity index is 2.83. The standard InChI is InChI=1S/C17H23ClN2O4/c1-10(20-16(23)24-17(2,3)4)13(21)9-11-7-6-8-12(18)14(11)15(22)19-5/h6-8,10H,9H2,1-5H3,(H,19,22)(H,20,23)/t10-/m0/s1. The summed E-state index contributed by atoms with van der Waals surface area (Å²) in [4.78, 5) is 36.0. The second-order valence-corrected chi connectivity index (χ2v) is 6.77. The smallest absolute Gasteiger partial charge is 0.408 e. The fourth-order valence-electron chi connectivity index (χ4n) is 2.00. The summed E-state index contributed by atoms with van der Waals surface area (Å²) in [7, 11) is 1.49. The highest BCUT2D eigenvalue weighted by molar-refractivity contribution is 6.34. The topological polar surface area (TPSA) is 84.5 Å². The number of amides is 2. The van der Waals surface area contributed by atoms with E-state index in [9.17, 15) is 14.4 Å². The summed E-state index contributed by atoms with van der Waals surface area (Å²) < 4.78 is 5.12. The van der Waals surface area contributed by atoms with Crippen LogP contribution in [0.15, 0.2) is 18.2 Å². The van der Waals surface area contributed by atoms with Crippen LogP contribution >= 0.6 is 11.6 Å². The first-order valence-electron chi connectivity index (χ1n) is 7.57. The molecular formula is C17H23ClN2O4. The minimum atomic E-state index is -0.753. The second kappa shape index (κ2) is 8.15. The van der Waals surface area contributed by atoms with Gasteiger partial charge < -0.3 is 15.4 Å². The van der Waals surface area contributed by atoms with Gasteiger partial charge in [0.15, 0.2) is 5.78 Å². The fraction of sp³-hybridized carbons (Fsp3) is 0.471. The van der Waals surface area contributed by atoms with E-state index in [4.69, 9.17) is 16.3 Å². The minimum absolute atomic E-state index is 0.0275. The number of ether oxygens (including phenoxy) is 1. The van der Waals surface area contributed by atoms with E-state index in [0.29, 0.717) is 5.56 Å². The van der Waals surface area contributed by atoms with Crippen LogP contribution in [0.5, 0.6) is 0 Å². The monoisotopic (exact) mass is 354 g/mol. The highest BCUT2D eigenvalue weighted by Gasteiger charge is 2.23. The van der Waals surface area contributed by atoms with Crippen LogP contribution in [-0.4, -0.2) is 36.5 Å². The molecule has 0 saturated heterocycles. The molecule has 0 unspecified atom stereocenters. The number of rotatable bonds is 5. The Morgan fingerprint density at radius 1 is 1.25 bits per heavy atom. The van der Waals surface area contributed by atoms with E-state index in [2.05, 4.69) is 10.6 Å². The van der Waals surface area contributed by atoms with Crippen molar-refractivity contribution in [3.8, 4) is 0 Å². The molecule has 0 saturated carbocycles. The van der Waals surface area contributed by atoms with Gasteiger partial charge in [0.25, 0.3) is 5.91 Å². The van der Waals surface area contributed by atoms with Crippen LogP contribution in [0.4, 0.5) is 4.79 Å². The highest BCUT2D eigenvalue weighted by Crippen LogP contribution is 2.21. The molecule has 2 amide bonds. The van der Waals surface area contributed by atoms with Gasteiger partial charge in [-0.05, 0) is 39.3 Å². The van der Waals surface area contributed by atoms with Crippen LogP contribution in [0.1, 0.15) is 43.6 Å². The summed E-state index contributed by atoms with van der Waals surface area (Å²) in [5.74, 6) is -0.621. The largest absolute Gasteiger partial charge is 0.444 e. The number of benzene rings is 1. The third kappa shape index (κ3) is 5.85. The zero-order valence-electron chi connectivity index (χ0n) is 14.5. The Bertz CT molecular complexity index is 638. The molecular weight excluding hydrogens is 332 g/mol.